The number of nitrogens with zero attached hydrogens (tertiary/aromatic N) is 1. The number of rotatable bonds is 6. The molecule has 1 saturated heterocycles. The summed E-state index contributed by atoms with van der Waals surface area (Å²) in [6, 6.07) is 4.62. The van der Waals surface area contributed by atoms with Crippen molar-refractivity contribution in [3.63, 3.8) is 0 Å². The van der Waals surface area contributed by atoms with Gasteiger partial charge >= 0.3 is 0 Å². The first-order chi connectivity index (χ1) is 11.4. The molecule has 3 N–H and O–H groups in total. The maximum Gasteiger partial charge on any atom is 0.246 e. The van der Waals surface area contributed by atoms with E-state index in [1.807, 2.05) is 0 Å². The van der Waals surface area contributed by atoms with E-state index in [4.69, 9.17) is 10.5 Å². The Morgan fingerprint density at radius 1 is 1.32 bits per heavy atom. The molecular weight excluding hydrogens is 366 g/mol. The van der Waals surface area contributed by atoms with Crippen molar-refractivity contribution in [2.45, 2.75) is 31.1 Å². The molecular formula is C16H26ClN3O4S. The second-order valence-corrected chi connectivity index (χ2v) is 7.86. The summed E-state index contributed by atoms with van der Waals surface area (Å²) < 4.78 is 32.5. The van der Waals surface area contributed by atoms with E-state index in [1.165, 1.54) is 17.5 Å². The van der Waals surface area contributed by atoms with Gasteiger partial charge in [-0.25, -0.2) is 8.42 Å². The number of hydrogen-bond acceptors (Lipinski definition) is 5. The number of methoxy groups -OCH3 is 1. The van der Waals surface area contributed by atoms with Crippen molar-refractivity contribution in [1.29, 1.82) is 0 Å². The van der Waals surface area contributed by atoms with Gasteiger partial charge in [0.1, 0.15) is 10.6 Å². The zero-order chi connectivity index (χ0) is 17.7. The fourth-order valence-corrected chi connectivity index (χ4v) is 4.27. The van der Waals surface area contributed by atoms with Gasteiger partial charge in [-0.15, -0.1) is 12.4 Å². The molecule has 1 aliphatic heterocycles. The summed E-state index contributed by atoms with van der Waals surface area (Å²) in [5.74, 6) is -0.330. The maximum absolute atomic E-state index is 12.9. The molecule has 1 fully saturated rings. The molecule has 0 aromatic heterocycles. The lowest BCUT2D eigenvalue weighted by Crippen LogP contribution is -2.35. The van der Waals surface area contributed by atoms with Crippen LogP contribution in [0.2, 0.25) is 0 Å². The number of halogens is 1. The van der Waals surface area contributed by atoms with Gasteiger partial charge in [-0.2, -0.15) is 4.31 Å². The van der Waals surface area contributed by atoms with Crippen molar-refractivity contribution < 1.29 is 17.9 Å². The fourth-order valence-electron chi connectivity index (χ4n) is 2.57. The lowest BCUT2D eigenvalue weighted by atomic mass is 10.1. The van der Waals surface area contributed by atoms with Crippen molar-refractivity contribution in [2.24, 2.45) is 11.7 Å². The van der Waals surface area contributed by atoms with Crippen LogP contribution in [-0.2, 0) is 14.8 Å². The van der Waals surface area contributed by atoms with E-state index in [0.717, 1.165) is 19.3 Å². The number of carbonyl (C=O) groups excluding carboxylic acids is 1. The molecule has 0 radical (unpaired) electrons. The first kappa shape index (κ1) is 21.7. The van der Waals surface area contributed by atoms with Crippen molar-refractivity contribution in [1.82, 2.24) is 4.31 Å². The van der Waals surface area contributed by atoms with E-state index in [0.29, 0.717) is 18.8 Å². The van der Waals surface area contributed by atoms with Crippen LogP contribution in [0.3, 0.4) is 0 Å². The van der Waals surface area contributed by atoms with Crippen LogP contribution in [0.4, 0.5) is 5.69 Å². The monoisotopic (exact) mass is 391 g/mol. The van der Waals surface area contributed by atoms with Crippen molar-refractivity contribution in [3.8, 4) is 5.75 Å². The fraction of sp³-hybridized carbons (Fsp3) is 0.562. The molecule has 142 valence electrons. The second kappa shape index (κ2) is 9.38. The van der Waals surface area contributed by atoms with Crippen molar-refractivity contribution in [3.05, 3.63) is 18.2 Å². The van der Waals surface area contributed by atoms with E-state index >= 15 is 0 Å². The highest BCUT2D eigenvalue weighted by Gasteiger charge is 2.29. The van der Waals surface area contributed by atoms with E-state index in [-0.39, 0.29) is 41.4 Å². The van der Waals surface area contributed by atoms with Gasteiger partial charge in [0, 0.05) is 31.2 Å². The standard InChI is InChI=1S/C16H25N3O4S.ClH/c1-12(11-17)16(20)18-13-6-7-14(23-2)15(10-13)24(21,22)19-8-4-3-5-9-19;/h6-7,10,12H,3-5,8-9,11,17H2,1-2H3,(H,18,20);1H. The molecule has 1 aliphatic rings. The van der Waals surface area contributed by atoms with Gasteiger partial charge in [-0.05, 0) is 31.0 Å². The molecule has 1 amide bonds. The summed E-state index contributed by atoms with van der Waals surface area (Å²) in [7, 11) is -2.23. The summed E-state index contributed by atoms with van der Waals surface area (Å²) in [6.07, 6.45) is 2.74. The maximum atomic E-state index is 12.9. The topological polar surface area (TPSA) is 102 Å². The molecule has 0 spiro atoms. The Bertz CT molecular complexity index is 691. The van der Waals surface area contributed by atoms with Gasteiger partial charge in [0.05, 0.1) is 7.11 Å². The summed E-state index contributed by atoms with van der Waals surface area (Å²) >= 11 is 0. The lowest BCUT2D eigenvalue weighted by Gasteiger charge is -2.26. The minimum atomic E-state index is -3.66. The summed E-state index contributed by atoms with van der Waals surface area (Å²) in [5.41, 5.74) is 5.90. The number of nitrogens with two attached hydrogens (primary N) is 1. The van der Waals surface area contributed by atoms with Crippen molar-refractivity contribution in [2.75, 3.05) is 32.1 Å². The zero-order valence-electron chi connectivity index (χ0n) is 14.5. The normalized spacial score (nSPS) is 16.6. The van der Waals surface area contributed by atoms with E-state index in [2.05, 4.69) is 5.32 Å². The quantitative estimate of drug-likeness (QED) is 0.770. The third kappa shape index (κ3) is 5.07. The number of amides is 1. The van der Waals surface area contributed by atoms with Gasteiger partial charge in [0.15, 0.2) is 0 Å². The van der Waals surface area contributed by atoms with Crippen LogP contribution < -0.4 is 15.8 Å². The minimum Gasteiger partial charge on any atom is -0.495 e. The van der Waals surface area contributed by atoms with Crippen LogP contribution >= 0.6 is 12.4 Å². The van der Waals surface area contributed by atoms with Crippen molar-refractivity contribution >= 4 is 34.0 Å². The molecule has 1 aromatic carbocycles. The number of piperidine rings is 1. The highest BCUT2D eigenvalue weighted by Crippen LogP contribution is 2.31. The molecule has 1 heterocycles. The summed E-state index contributed by atoms with van der Waals surface area (Å²) in [4.78, 5) is 12.1. The smallest absolute Gasteiger partial charge is 0.246 e. The summed E-state index contributed by atoms with van der Waals surface area (Å²) in [5, 5.41) is 2.70. The largest absolute Gasteiger partial charge is 0.495 e. The van der Waals surface area contributed by atoms with E-state index in [1.54, 1.807) is 19.1 Å². The second-order valence-electron chi connectivity index (χ2n) is 5.96. The predicted octanol–water partition coefficient (Wildman–Crippen LogP) is 1.82. The highest BCUT2D eigenvalue weighted by atomic mass is 35.5. The Balaban J connectivity index is 0.00000312. The van der Waals surface area contributed by atoms with Crippen LogP contribution in [0.1, 0.15) is 26.2 Å². The first-order valence-electron chi connectivity index (χ1n) is 8.09. The number of sulfonamides is 1. The lowest BCUT2D eigenvalue weighted by molar-refractivity contribution is -0.119. The Morgan fingerprint density at radius 2 is 1.96 bits per heavy atom. The van der Waals surface area contributed by atoms with Crippen LogP contribution in [0, 0.1) is 5.92 Å². The van der Waals surface area contributed by atoms with Crippen LogP contribution in [0.15, 0.2) is 23.1 Å². The first-order valence-corrected chi connectivity index (χ1v) is 9.53. The third-order valence-corrected chi connectivity index (χ3v) is 6.08. The predicted molar refractivity (Wildman–Crippen MR) is 99.7 cm³/mol. The minimum absolute atomic E-state index is 0. The molecule has 1 aromatic rings. The molecule has 0 saturated carbocycles. The Hall–Kier alpha value is -1.35. The molecule has 2 rings (SSSR count). The number of benzene rings is 1. The molecule has 1 atom stereocenters. The molecule has 0 aliphatic carbocycles. The van der Waals surface area contributed by atoms with Crippen LogP contribution in [0.5, 0.6) is 5.75 Å². The molecule has 7 nitrogen and oxygen atoms in total. The van der Waals surface area contributed by atoms with Crippen LogP contribution in [-0.4, -0.2) is 45.4 Å². The Kier molecular flexibility index (Phi) is 8.14. The van der Waals surface area contributed by atoms with Crippen LogP contribution in [0.25, 0.3) is 0 Å². The van der Waals surface area contributed by atoms with Gasteiger partial charge in [0.2, 0.25) is 15.9 Å². The number of ether oxygens (including phenoxy) is 1. The van der Waals surface area contributed by atoms with Gasteiger partial charge in [-0.3, -0.25) is 4.79 Å². The highest BCUT2D eigenvalue weighted by molar-refractivity contribution is 7.89. The van der Waals surface area contributed by atoms with E-state index in [9.17, 15) is 13.2 Å². The van der Waals surface area contributed by atoms with Gasteiger partial charge < -0.3 is 15.8 Å². The molecule has 25 heavy (non-hydrogen) atoms. The molecule has 9 heteroatoms. The molecule has 0 bridgehead atoms. The number of anilines is 1. The summed E-state index contributed by atoms with van der Waals surface area (Å²) in [6.45, 7) is 2.95. The number of hydrogen-bond donors (Lipinski definition) is 2. The number of carbonyl (C=O) groups is 1. The third-order valence-electron chi connectivity index (χ3n) is 4.17. The number of nitrogens with one attached hydrogen (secondary N) is 1. The Morgan fingerprint density at radius 3 is 2.52 bits per heavy atom. The van der Waals surface area contributed by atoms with E-state index < -0.39 is 10.0 Å². The molecule has 1 unspecified atom stereocenters. The van der Waals surface area contributed by atoms with Gasteiger partial charge in [0.25, 0.3) is 0 Å². The average molecular weight is 392 g/mol. The SMILES string of the molecule is COc1ccc(NC(=O)C(C)CN)cc1S(=O)(=O)N1CCCCC1.Cl. The average Bonchev–Trinajstić information content (AvgIpc) is 2.61. The Labute approximate surface area is 155 Å². The van der Waals surface area contributed by atoms with Gasteiger partial charge in [-0.1, -0.05) is 13.3 Å². The zero-order valence-corrected chi connectivity index (χ0v) is 16.2.